The molecule has 0 unspecified atom stereocenters. The van der Waals surface area contributed by atoms with Gasteiger partial charge in [-0.1, -0.05) is 19.8 Å². The van der Waals surface area contributed by atoms with Crippen molar-refractivity contribution in [3.8, 4) is 0 Å². The molecule has 0 aliphatic rings. The van der Waals surface area contributed by atoms with E-state index in [4.69, 9.17) is 8.84 Å². The Morgan fingerprint density at radius 1 is 1.43 bits per heavy atom. The van der Waals surface area contributed by atoms with Gasteiger partial charge in [0.1, 0.15) is 5.76 Å². The molecule has 0 atom stereocenters. The zero-order chi connectivity index (χ0) is 10.4. The SMILES string of the molecule is CCCC[Si](C)(C)OCc1ccco1. The lowest BCUT2D eigenvalue weighted by atomic mass is 10.4. The molecule has 0 N–H and O–H groups in total. The highest BCUT2D eigenvalue weighted by atomic mass is 28.4. The van der Waals surface area contributed by atoms with Crippen LogP contribution in [0.4, 0.5) is 0 Å². The lowest BCUT2D eigenvalue weighted by Crippen LogP contribution is -2.29. The van der Waals surface area contributed by atoms with Crippen LogP contribution >= 0.6 is 0 Å². The molecule has 1 rings (SSSR count). The molecule has 0 radical (unpaired) electrons. The van der Waals surface area contributed by atoms with Crippen molar-refractivity contribution in [2.24, 2.45) is 0 Å². The smallest absolute Gasteiger partial charge is 0.187 e. The molecule has 1 aromatic rings. The van der Waals surface area contributed by atoms with Crippen LogP contribution in [0.3, 0.4) is 0 Å². The average molecular weight is 212 g/mol. The second kappa shape index (κ2) is 5.37. The van der Waals surface area contributed by atoms with Crippen molar-refractivity contribution < 1.29 is 8.84 Å². The second-order valence-corrected chi connectivity index (χ2v) is 8.54. The van der Waals surface area contributed by atoms with E-state index in [0.29, 0.717) is 6.61 Å². The van der Waals surface area contributed by atoms with Crippen LogP contribution in [-0.4, -0.2) is 8.32 Å². The van der Waals surface area contributed by atoms with E-state index < -0.39 is 8.32 Å². The Hall–Kier alpha value is -0.543. The summed E-state index contributed by atoms with van der Waals surface area (Å²) >= 11 is 0. The molecule has 0 bridgehead atoms. The molecule has 0 saturated carbocycles. The fourth-order valence-electron chi connectivity index (χ4n) is 1.34. The standard InChI is InChI=1S/C11H20O2Si/c1-4-5-9-14(2,3)13-10-11-7-6-8-12-11/h6-8H,4-5,9-10H2,1-3H3. The first kappa shape index (κ1) is 11.5. The summed E-state index contributed by atoms with van der Waals surface area (Å²) in [5.41, 5.74) is 0. The molecule has 0 aliphatic heterocycles. The van der Waals surface area contributed by atoms with Crippen LogP contribution in [-0.2, 0) is 11.0 Å². The molecule has 80 valence electrons. The number of rotatable bonds is 6. The van der Waals surface area contributed by atoms with Crippen LogP contribution in [0, 0.1) is 0 Å². The highest BCUT2D eigenvalue weighted by Crippen LogP contribution is 2.17. The summed E-state index contributed by atoms with van der Waals surface area (Å²) in [6, 6.07) is 5.10. The van der Waals surface area contributed by atoms with E-state index in [9.17, 15) is 0 Å². The summed E-state index contributed by atoms with van der Waals surface area (Å²) in [6.45, 7) is 7.39. The normalized spacial score (nSPS) is 11.9. The molecule has 1 heterocycles. The molecule has 0 saturated heterocycles. The zero-order valence-corrected chi connectivity index (χ0v) is 10.4. The summed E-state index contributed by atoms with van der Waals surface area (Å²) in [6.07, 6.45) is 4.22. The molecular weight excluding hydrogens is 192 g/mol. The number of hydrogen-bond acceptors (Lipinski definition) is 2. The molecule has 1 aromatic heterocycles. The topological polar surface area (TPSA) is 22.4 Å². The van der Waals surface area contributed by atoms with Gasteiger partial charge in [0.2, 0.25) is 0 Å². The Morgan fingerprint density at radius 2 is 2.21 bits per heavy atom. The van der Waals surface area contributed by atoms with E-state index in [0.717, 1.165) is 5.76 Å². The number of unbranched alkanes of at least 4 members (excludes halogenated alkanes) is 1. The Morgan fingerprint density at radius 3 is 2.79 bits per heavy atom. The van der Waals surface area contributed by atoms with E-state index in [-0.39, 0.29) is 0 Å². The van der Waals surface area contributed by atoms with Gasteiger partial charge in [-0.2, -0.15) is 0 Å². The van der Waals surface area contributed by atoms with Gasteiger partial charge in [-0.3, -0.25) is 0 Å². The minimum absolute atomic E-state index is 0.635. The number of furan rings is 1. The van der Waals surface area contributed by atoms with Crippen molar-refractivity contribution in [2.75, 3.05) is 0 Å². The van der Waals surface area contributed by atoms with Gasteiger partial charge in [0.05, 0.1) is 12.9 Å². The Labute approximate surface area is 87.4 Å². The van der Waals surface area contributed by atoms with Gasteiger partial charge in [0.25, 0.3) is 0 Å². The molecule has 0 spiro atoms. The van der Waals surface area contributed by atoms with E-state index in [1.54, 1.807) is 6.26 Å². The van der Waals surface area contributed by atoms with E-state index >= 15 is 0 Å². The third-order valence-electron chi connectivity index (χ3n) is 2.32. The lowest BCUT2D eigenvalue weighted by molar-refractivity contribution is 0.259. The maximum atomic E-state index is 5.92. The quantitative estimate of drug-likeness (QED) is 0.669. The molecular formula is C11H20O2Si. The molecule has 2 nitrogen and oxygen atoms in total. The minimum atomic E-state index is -1.44. The van der Waals surface area contributed by atoms with Crippen LogP contribution in [0.15, 0.2) is 22.8 Å². The van der Waals surface area contributed by atoms with E-state index in [1.807, 2.05) is 12.1 Å². The van der Waals surface area contributed by atoms with E-state index in [2.05, 4.69) is 20.0 Å². The summed E-state index contributed by atoms with van der Waals surface area (Å²) < 4.78 is 11.2. The van der Waals surface area contributed by atoms with Gasteiger partial charge in [0, 0.05) is 0 Å². The van der Waals surface area contributed by atoms with E-state index in [1.165, 1.54) is 18.9 Å². The monoisotopic (exact) mass is 212 g/mol. The van der Waals surface area contributed by atoms with Gasteiger partial charge in [-0.15, -0.1) is 0 Å². The van der Waals surface area contributed by atoms with Gasteiger partial charge >= 0.3 is 0 Å². The molecule has 0 aliphatic carbocycles. The van der Waals surface area contributed by atoms with Crippen LogP contribution in [0.5, 0.6) is 0 Å². The largest absolute Gasteiger partial charge is 0.467 e. The third kappa shape index (κ3) is 4.11. The summed E-state index contributed by atoms with van der Waals surface area (Å²) in [7, 11) is -1.44. The number of hydrogen-bond donors (Lipinski definition) is 0. The predicted octanol–water partition coefficient (Wildman–Crippen LogP) is 3.80. The Kier molecular flexibility index (Phi) is 4.42. The fourth-order valence-corrected chi connectivity index (χ4v) is 3.22. The average Bonchev–Trinajstić information content (AvgIpc) is 2.64. The molecule has 3 heteroatoms. The fraction of sp³-hybridized carbons (Fsp3) is 0.636. The minimum Gasteiger partial charge on any atom is -0.467 e. The second-order valence-electron chi connectivity index (χ2n) is 4.23. The van der Waals surface area contributed by atoms with Crippen molar-refractivity contribution in [2.45, 2.75) is 45.5 Å². The first-order valence-corrected chi connectivity index (χ1v) is 8.42. The van der Waals surface area contributed by atoms with Crippen LogP contribution in [0.2, 0.25) is 19.1 Å². The first-order chi connectivity index (χ1) is 6.64. The summed E-state index contributed by atoms with van der Waals surface area (Å²) in [4.78, 5) is 0. The van der Waals surface area contributed by atoms with Gasteiger partial charge in [0.15, 0.2) is 8.32 Å². The van der Waals surface area contributed by atoms with Crippen molar-refractivity contribution in [1.82, 2.24) is 0 Å². The first-order valence-electron chi connectivity index (χ1n) is 5.30. The third-order valence-corrected chi connectivity index (χ3v) is 4.80. The van der Waals surface area contributed by atoms with Crippen LogP contribution in [0.1, 0.15) is 25.5 Å². The highest BCUT2D eigenvalue weighted by Gasteiger charge is 2.21. The predicted molar refractivity (Wildman–Crippen MR) is 60.7 cm³/mol. The van der Waals surface area contributed by atoms with Gasteiger partial charge < -0.3 is 8.84 Å². The zero-order valence-electron chi connectivity index (χ0n) is 9.38. The van der Waals surface area contributed by atoms with Crippen molar-refractivity contribution in [3.63, 3.8) is 0 Å². The summed E-state index contributed by atoms with van der Waals surface area (Å²) in [5.74, 6) is 0.932. The van der Waals surface area contributed by atoms with Crippen molar-refractivity contribution >= 4 is 8.32 Å². The maximum Gasteiger partial charge on any atom is 0.187 e. The highest BCUT2D eigenvalue weighted by molar-refractivity contribution is 6.71. The molecule has 0 fully saturated rings. The Bertz CT molecular complexity index is 242. The van der Waals surface area contributed by atoms with Crippen molar-refractivity contribution in [1.29, 1.82) is 0 Å². The van der Waals surface area contributed by atoms with Gasteiger partial charge in [-0.25, -0.2) is 0 Å². The molecule has 14 heavy (non-hydrogen) atoms. The van der Waals surface area contributed by atoms with Crippen LogP contribution in [0.25, 0.3) is 0 Å². The van der Waals surface area contributed by atoms with Crippen LogP contribution < -0.4 is 0 Å². The maximum absolute atomic E-state index is 5.92. The van der Waals surface area contributed by atoms with Crippen molar-refractivity contribution in [3.05, 3.63) is 24.2 Å². The lowest BCUT2D eigenvalue weighted by Gasteiger charge is -2.21. The summed E-state index contributed by atoms with van der Waals surface area (Å²) in [5, 5.41) is 0. The molecule has 0 aromatic carbocycles. The Balaban J connectivity index is 2.28. The van der Waals surface area contributed by atoms with Gasteiger partial charge in [-0.05, 0) is 31.3 Å². The molecule has 0 amide bonds.